The lowest BCUT2D eigenvalue weighted by Gasteiger charge is -2.28. The molecule has 3 aromatic rings. The number of hydrogen-bond donors (Lipinski definition) is 0. The zero-order valence-corrected chi connectivity index (χ0v) is 21.8. The Morgan fingerprint density at radius 1 is 1.08 bits per heavy atom. The van der Waals surface area contributed by atoms with E-state index < -0.39 is 11.8 Å². The summed E-state index contributed by atoms with van der Waals surface area (Å²) >= 11 is 0. The van der Waals surface area contributed by atoms with Crippen molar-refractivity contribution in [1.82, 2.24) is 14.7 Å². The number of aromatic nitrogens is 2. The van der Waals surface area contributed by atoms with Gasteiger partial charge in [0, 0.05) is 29.4 Å². The van der Waals surface area contributed by atoms with Crippen LogP contribution in [0.4, 0.5) is 0 Å². The SMILES string of the molecule is CCOc1ccc(-c2nn(-c3ccccc3)cc2/C=C2/C(=O)N(CC(C)C)C(=O)C(C#N)=C2C)c(C)c1. The second-order valence-electron chi connectivity index (χ2n) is 9.41. The van der Waals surface area contributed by atoms with Gasteiger partial charge in [0.15, 0.2) is 0 Å². The van der Waals surface area contributed by atoms with Gasteiger partial charge in [-0.05, 0) is 74.2 Å². The molecule has 7 nitrogen and oxygen atoms in total. The Morgan fingerprint density at radius 3 is 2.43 bits per heavy atom. The molecule has 2 amide bonds. The van der Waals surface area contributed by atoms with Crippen molar-refractivity contribution >= 4 is 17.9 Å². The van der Waals surface area contributed by atoms with Crippen LogP contribution in [0.5, 0.6) is 5.75 Å². The quantitative estimate of drug-likeness (QED) is 0.320. The fourth-order valence-electron chi connectivity index (χ4n) is 4.39. The minimum Gasteiger partial charge on any atom is -0.494 e. The number of imide groups is 1. The molecule has 7 heteroatoms. The highest BCUT2D eigenvalue weighted by Crippen LogP contribution is 2.33. The molecule has 0 spiro atoms. The first-order chi connectivity index (χ1) is 17.7. The van der Waals surface area contributed by atoms with Gasteiger partial charge in [0.25, 0.3) is 11.8 Å². The van der Waals surface area contributed by atoms with E-state index in [9.17, 15) is 14.9 Å². The van der Waals surface area contributed by atoms with E-state index in [1.54, 1.807) is 17.7 Å². The number of aryl methyl sites for hydroxylation is 1. The van der Waals surface area contributed by atoms with Gasteiger partial charge in [-0.3, -0.25) is 14.5 Å². The molecule has 0 N–H and O–H groups in total. The molecule has 0 saturated heterocycles. The Morgan fingerprint density at radius 2 is 1.81 bits per heavy atom. The molecule has 188 valence electrons. The number of para-hydroxylation sites is 1. The second kappa shape index (κ2) is 10.7. The molecule has 0 saturated carbocycles. The van der Waals surface area contributed by atoms with Crippen molar-refractivity contribution in [3.63, 3.8) is 0 Å². The van der Waals surface area contributed by atoms with Crippen LogP contribution in [0.15, 0.2) is 71.4 Å². The molecule has 1 aliphatic rings. The molecule has 4 rings (SSSR count). The number of ether oxygens (including phenoxy) is 1. The van der Waals surface area contributed by atoms with Gasteiger partial charge in [-0.15, -0.1) is 0 Å². The van der Waals surface area contributed by atoms with E-state index in [1.165, 1.54) is 4.90 Å². The Hall–Kier alpha value is -4.44. The first-order valence-electron chi connectivity index (χ1n) is 12.3. The van der Waals surface area contributed by atoms with E-state index in [-0.39, 0.29) is 18.0 Å². The molecule has 2 heterocycles. The zero-order chi connectivity index (χ0) is 26.7. The number of amides is 2. The number of carbonyl (C=O) groups excluding carboxylic acids is 2. The molecule has 0 unspecified atom stereocenters. The monoisotopic (exact) mass is 494 g/mol. The summed E-state index contributed by atoms with van der Waals surface area (Å²) in [5, 5.41) is 14.6. The normalized spacial score (nSPS) is 15.1. The van der Waals surface area contributed by atoms with Gasteiger partial charge in [-0.1, -0.05) is 32.0 Å². The zero-order valence-electron chi connectivity index (χ0n) is 21.8. The van der Waals surface area contributed by atoms with Crippen LogP contribution in [0, 0.1) is 24.2 Å². The highest BCUT2D eigenvalue weighted by molar-refractivity contribution is 6.19. The highest BCUT2D eigenvalue weighted by atomic mass is 16.5. The predicted octanol–water partition coefficient (Wildman–Crippen LogP) is 5.49. The third-order valence-electron chi connectivity index (χ3n) is 6.20. The second-order valence-corrected chi connectivity index (χ2v) is 9.41. The summed E-state index contributed by atoms with van der Waals surface area (Å²) < 4.78 is 7.42. The molecule has 1 aromatic heterocycles. The summed E-state index contributed by atoms with van der Waals surface area (Å²) in [5.74, 6) is -0.111. The van der Waals surface area contributed by atoms with E-state index in [1.807, 2.05) is 88.5 Å². The molecular formula is C30H30N4O3. The van der Waals surface area contributed by atoms with Gasteiger partial charge in [0.2, 0.25) is 0 Å². The summed E-state index contributed by atoms with van der Waals surface area (Å²) in [7, 11) is 0. The highest BCUT2D eigenvalue weighted by Gasteiger charge is 2.36. The maximum Gasteiger partial charge on any atom is 0.271 e. The van der Waals surface area contributed by atoms with Crippen LogP contribution in [0.3, 0.4) is 0 Å². The van der Waals surface area contributed by atoms with Gasteiger partial charge in [-0.25, -0.2) is 4.68 Å². The first-order valence-corrected chi connectivity index (χ1v) is 12.3. The van der Waals surface area contributed by atoms with Crippen molar-refractivity contribution in [2.75, 3.05) is 13.2 Å². The number of hydrogen-bond acceptors (Lipinski definition) is 5. The van der Waals surface area contributed by atoms with Crippen molar-refractivity contribution in [2.24, 2.45) is 5.92 Å². The molecule has 0 bridgehead atoms. The van der Waals surface area contributed by atoms with Crippen LogP contribution in [0.1, 0.15) is 38.8 Å². The average molecular weight is 495 g/mol. The van der Waals surface area contributed by atoms with E-state index in [2.05, 4.69) is 0 Å². The van der Waals surface area contributed by atoms with Crippen molar-refractivity contribution in [3.8, 4) is 28.8 Å². The van der Waals surface area contributed by atoms with Crippen LogP contribution < -0.4 is 4.74 Å². The maximum absolute atomic E-state index is 13.5. The number of benzene rings is 2. The van der Waals surface area contributed by atoms with Crippen LogP contribution >= 0.6 is 0 Å². The van der Waals surface area contributed by atoms with Crippen molar-refractivity contribution in [1.29, 1.82) is 5.26 Å². The Kier molecular flexibility index (Phi) is 7.40. The van der Waals surface area contributed by atoms with Gasteiger partial charge in [0.1, 0.15) is 23.1 Å². The number of rotatable bonds is 7. The minimum atomic E-state index is -0.543. The largest absolute Gasteiger partial charge is 0.494 e. The van der Waals surface area contributed by atoms with Crippen LogP contribution in [-0.4, -0.2) is 39.6 Å². The van der Waals surface area contributed by atoms with E-state index in [4.69, 9.17) is 9.84 Å². The molecular weight excluding hydrogens is 464 g/mol. The van der Waals surface area contributed by atoms with Crippen LogP contribution in [-0.2, 0) is 9.59 Å². The molecule has 0 fully saturated rings. The number of nitriles is 1. The van der Waals surface area contributed by atoms with Crippen LogP contribution in [0.2, 0.25) is 0 Å². The lowest BCUT2D eigenvalue weighted by Crippen LogP contribution is -2.44. The average Bonchev–Trinajstić information content (AvgIpc) is 3.29. The molecule has 2 aromatic carbocycles. The van der Waals surface area contributed by atoms with Gasteiger partial charge >= 0.3 is 0 Å². The van der Waals surface area contributed by atoms with Crippen molar-refractivity contribution in [3.05, 3.63) is 82.6 Å². The van der Waals surface area contributed by atoms with E-state index in [0.29, 0.717) is 29.0 Å². The summed E-state index contributed by atoms with van der Waals surface area (Å²) in [5.41, 5.74) is 4.80. The number of carbonyl (C=O) groups is 2. The van der Waals surface area contributed by atoms with Crippen molar-refractivity contribution in [2.45, 2.75) is 34.6 Å². The lowest BCUT2D eigenvalue weighted by molar-refractivity contribution is -0.141. The molecule has 37 heavy (non-hydrogen) atoms. The van der Waals surface area contributed by atoms with Crippen molar-refractivity contribution < 1.29 is 14.3 Å². The topological polar surface area (TPSA) is 88.2 Å². The van der Waals surface area contributed by atoms with Gasteiger partial charge in [0.05, 0.1) is 12.3 Å². The Balaban J connectivity index is 1.92. The minimum absolute atomic E-state index is 0.0132. The maximum atomic E-state index is 13.5. The molecule has 0 atom stereocenters. The Bertz CT molecular complexity index is 1460. The van der Waals surface area contributed by atoms with Crippen LogP contribution in [0.25, 0.3) is 23.0 Å². The summed E-state index contributed by atoms with van der Waals surface area (Å²) in [6.45, 7) is 10.2. The third-order valence-corrected chi connectivity index (χ3v) is 6.20. The summed E-state index contributed by atoms with van der Waals surface area (Å²) in [4.78, 5) is 27.6. The smallest absolute Gasteiger partial charge is 0.271 e. The van der Waals surface area contributed by atoms with Gasteiger partial charge in [-0.2, -0.15) is 10.4 Å². The fraction of sp³-hybridized carbons (Fsp3) is 0.267. The summed E-state index contributed by atoms with van der Waals surface area (Å²) in [6.07, 6.45) is 3.61. The third kappa shape index (κ3) is 5.10. The molecule has 1 aliphatic heterocycles. The first kappa shape index (κ1) is 25.6. The van der Waals surface area contributed by atoms with E-state index in [0.717, 1.165) is 22.6 Å². The lowest BCUT2D eigenvalue weighted by atomic mass is 9.92. The predicted molar refractivity (Wildman–Crippen MR) is 143 cm³/mol. The van der Waals surface area contributed by atoms with Gasteiger partial charge < -0.3 is 4.74 Å². The standard InChI is InChI=1S/C30H30N4O3/c1-6-37-24-12-13-25(20(4)14-24)28-22(18-34(32-28)23-10-8-7-9-11-23)15-26-21(5)27(16-31)30(36)33(29(26)35)17-19(2)3/h7-15,18-19H,6,17H2,1-5H3/b26-15+. The van der Waals surface area contributed by atoms with E-state index >= 15 is 0 Å². The molecule has 0 radical (unpaired) electrons. The fourth-order valence-corrected chi connectivity index (χ4v) is 4.39. The summed E-state index contributed by atoms with van der Waals surface area (Å²) in [6, 6.07) is 17.5. The number of nitrogens with zero attached hydrogens (tertiary/aromatic N) is 4. The Labute approximate surface area is 217 Å². The molecule has 0 aliphatic carbocycles.